The van der Waals surface area contributed by atoms with Crippen LogP contribution in [0.15, 0.2) is 18.2 Å². The number of hydrogen-bond acceptors (Lipinski definition) is 2. The predicted octanol–water partition coefficient (Wildman–Crippen LogP) is 3.01. The Labute approximate surface area is 95.5 Å². The molecule has 0 amide bonds. The molecule has 1 aromatic heterocycles. The van der Waals surface area contributed by atoms with Crippen molar-refractivity contribution in [3.8, 4) is 17.3 Å². The van der Waals surface area contributed by atoms with Crippen LogP contribution in [0.2, 0.25) is 0 Å². The van der Waals surface area contributed by atoms with Crippen LogP contribution >= 0.6 is 0 Å². The molecule has 2 rings (SSSR count). The molecule has 0 atom stereocenters. The summed E-state index contributed by atoms with van der Waals surface area (Å²) in [6.07, 6.45) is 0. The summed E-state index contributed by atoms with van der Waals surface area (Å²) in [4.78, 5) is 7.51. The molecule has 0 saturated carbocycles. The summed E-state index contributed by atoms with van der Waals surface area (Å²) in [7, 11) is 1.62. The number of aromatic amines is 1. The molecule has 0 aliphatic rings. The second kappa shape index (κ2) is 4.00. The molecule has 3 heteroatoms. The second-order valence-electron chi connectivity index (χ2n) is 4.04. The van der Waals surface area contributed by atoms with E-state index in [9.17, 15) is 0 Å². The fourth-order valence-electron chi connectivity index (χ4n) is 1.87. The zero-order valence-corrected chi connectivity index (χ0v) is 10.1. The molecule has 1 heterocycles. The lowest BCUT2D eigenvalue weighted by molar-refractivity contribution is 0.384. The summed E-state index contributed by atoms with van der Waals surface area (Å²) < 4.78 is 5.09. The third kappa shape index (κ3) is 1.81. The molecule has 16 heavy (non-hydrogen) atoms. The first-order chi connectivity index (χ1) is 7.61. The molecule has 0 radical (unpaired) electrons. The molecule has 0 unspecified atom stereocenters. The van der Waals surface area contributed by atoms with Gasteiger partial charge in [0, 0.05) is 11.3 Å². The summed E-state index contributed by atoms with van der Waals surface area (Å²) >= 11 is 0. The lowest BCUT2D eigenvalue weighted by atomic mass is 10.0. The molecular weight excluding hydrogens is 200 g/mol. The van der Waals surface area contributed by atoms with Crippen molar-refractivity contribution in [1.29, 1.82) is 0 Å². The van der Waals surface area contributed by atoms with Crippen LogP contribution in [0.5, 0.6) is 6.01 Å². The molecule has 0 aliphatic heterocycles. The Hall–Kier alpha value is -1.77. The van der Waals surface area contributed by atoms with Crippen LogP contribution in [0.1, 0.15) is 16.8 Å². The maximum absolute atomic E-state index is 5.09. The molecular formula is C13H16N2O. The Morgan fingerprint density at radius 3 is 2.50 bits per heavy atom. The first kappa shape index (κ1) is 10.7. The van der Waals surface area contributed by atoms with Crippen LogP contribution in [0.3, 0.4) is 0 Å². The van der Waals surface area contributed by atoms with Crippen molar-refractivity contribution >= 4 is 0 Å². The van der Waals surface area contributed by atoms with E-state index in [-0.39, 0.29) is 0 Å². The van der Waals surface area contributed by atoms with Crippen molar-refractivity contribution < 1.29 is 4.74 Å². The van der Waals surface area contributed by atoms with Crippen molar-refractivity contribution in [2.45, 2.75) is 20.8 Å². The lowest BCUT2D eigenvalue weighted by Crippen LogP contribution is -1.87. The van der Waals surface area contributed by atoms with Gasteiger partial charge in [0.2, 0.25) is 0 Å². The number of imidazole rings is 1. The molecule has 0 fully saturated rings. The maximum Gasteiger partial charge on any atom is 0.294 e. The minimum absolute atomic E-state index is 0.562. The lowest BCUT2D eigenvalue weighted by Gasteiger charge is -2.04. The van der Waals surface area contributed by atoms with Crippen LogP contribution in [-0.2, 0) is 0 Å². The number of H-pyrrole nitrogens is 1. The Kier molecular flexibility index (Phi) is 2.69. The van der Waals surface area contributed by atoms with Gasteiger partial charge in [0.25, 0.3) is 6.01 Å². The number of methoxy groups -OCH3 is 1. The summed E-state index contributed by atoms with van der Waals surface area (Å²) in [5.41, 5.74) is 5.65. The predicted molar refractivity (Wildman–Crippen MR) is 64.8 cm³/mol. The van der Waals surface area contributed by atoms with Crippen molar-refractivity contribution in [2.75, 3.05) is 7.11 Å². The highest BCUT2D eigenvalue weighted by Crippen LogP contribution is 2.27. The normalized spacial score (nSPS) is 10.5. The number of nitrogens with zero attached hydrogens (tertiary/aromatic N) is 1. The summed E-state index contributed by atoms with van der Waals surface area (Å²) in [6.45, 7) is 6.20. The van der Waals surface area contributed by atoms with Gasteiger partial charge in [-0.1, -0.05) is 23.8 Å². The molecule has 3 nitrogen and oxygen atoms in total. The molecule has 0 saturated heterocycles. The number of rotatable bonds is 2. The van der Waals surface area contributed by atoms with E-state index in [0.29, 0.717) is 6.01 Å². The van der Waals surface area contributed by atoms with E-state index in [0.717, 1.165) is 17.0 Å². The topological polar surface area (TPSA) is 37.9 Å². The van der Waals surface area contributed by atoms with Crippen molar-refractivity contribution in [3.05, 3.63) is 35.0 Å². The van der Waals surface area contributed by atoms with Gasteiger partial charge in [0.15, 0.2) is 0 Å². The van der Waals surface area contributed by atoms with Crippen molar-refractivity contribution in [3.63, 3.8) is 0 Å². The fraction of sp³-hybridized carbons (Fsp3) is 0.308. The van der Waals surface area contributed by atoms with Gasteiger partial charge in [-0.2, -0.15) is 4.98 Å². The van der Waals surface area contributed by atoms with Gasteiger partial charge in [-0.05, 0) is 26.3 Å². The highest BCUT2D eigenvalue weighted by atomic mass is 16.5. The number of aromatic nitrogens is 2. The number of aryl methyl sites for hydroxylation is 3. The van der Waals surface area contributed by atoms with E-state index in [1.807, 2.05) is 6.92 Å². The maximum atomic E-state index is 5.09. The van der Waals surface area contributed by atoms with Crippen LogP contribution in [0.25, 0.3) is 11.3 Å². The van der Waals surface area contributed by atoms with E-state index in [4.69, 9.17) is 4.74 Å². The van der Waals surface area contributed by atoms with Gasteiger partial charge in [-0.25, -0.2) is 0 Å². The first-order valence-electron chi connectivity index (χ1n) is 5.30. The zero-order chi connectivity index (χ0) is 11.7. The number of ether oxygens (including phenoxy) is 1. The van der Waals surface area contributed by atoms with E-state index in [1.54, 1.807) is 7.11 Å². The zero-order valence-electron chi connectivity index (χ0n) is 10.1. The SMILES string of the molecule is COc1nc(-c2ccc(C)cc2C)c(C)[nH]1. The quantitative estimate of drug-likeness (QED) is 0.838. The third-order valence-electron chi connectivity index (χ3n) is 2.69. The Bertz CT molecular complexity index is 515. The summed E-state index contributed by atoms with van der Waals surface area (Å²) in [5, 5.41) is 0. The standard InChI is InChI=1S/C13H16N2O/c1-8-5-6-11(9(2)7-8)12-10(3)14-13(15-12)16-4/h5-7H,1-4H3,(H,14,15). The average molecular weight is 216 g/mol. The Balaban J connectivity index is 2.53. The highest BCUT2D eigenvalue weighted by Gasteiger charge is 2.11. The van der Waals surface area contributed by atoms with Crippen molar-refractivity contribution in [1.82, 2.24) is 9.97 Å². The van der Waals surface area contributed by atoms with Crippen LogP contribution in [0, 0.1) is 20.8 Å². The second-order valence-corrected chi connectivity index (χ2v) is 4.04. The number of hydrogen-bond donors (Lipinski definition) is 1. The van der Waals surface area contributed by atoms with Gasteiger partial charge in [-0.15, -0.1) is 0 Å². The largest absolute Gasteiger partial charge is 0.468 e. The monoisotopic (exact) mass is 216 g/mol. The summed E-state index contributed by atoms with van der Waals surface area (Å²) in [6, 6.07) is 6.93. The minimum atomic E-state index is 0.562. The highest BCUT2D eigenvalue weighted by molar-refractivity contribution is 5.66. The van der Waals surface area contributed by atoms with Crippen LogP contribution < -0.4 is 4.74 Å². The molecule has 0 aliphatic carbocycles. The van der Waals surface area contributed by atoms with E-state index in [1.165, 1.54) is 11.1 Å². The first-order valence-corrected chi connectivity index (χ1v) is 5.30. The minimum Gasteiger partial charge on any atom is -0.468 e. The van der Waals surface area contributed by atoms with Crippen LogP contribution in [0.4, 0.5) is 0 Å². The van der Waals surface area contributed by atoms with E-state index >= 15 is 0 Å². The molecule has 2 aromatic rings. The van der Waals surface area contributed by atoms with E-state index in [2.05, 4.69) is 42.0 Å². The summed E-state index contributed by atoms with van der Waals surface area (Å²) in [5.74, 6) is 0. The molecule has 1 aromatic carbocycles. The Morgan fingerprint density at radius 2 is 1.94 bits per heavy atom. The van der Waals surface area contributed by atoms with Gasteiger partial charge in [0.05, 0.1) is 12.8 Å². The average Bonchev–Trinajstić information content (AvgIpc) is 2.60. The third-order valence-corrected chi connectivity index (χ3v) is 2.69. The molecule has 0 spiro atoms. The smallest absolute Gasteiger partial charge is 0.294 e. The van der Waals surface area contributed by atoms with Gasteiger partial charge in [0.1, 0.15) is 0 Å². The van der Waals surface area contributed by atoms with Crippen molar-refractivity contribution in [2.24, 2.45) is 0 Å². The van der Waals surface area contributed by atoms with Gasteiger partial charge >= 0.3 is 0 Å². The molecule has 0 bridgehead atoms. The van der Waals surface area contributed by atoms with Crippen LogP contribution in [-0.4, -0.2) is 17.1 Å². The number of nitrogens with one attached hydrogen (secondary N) is 1. The van der Waals surface area contributed by atoms with E-state index < -0.39 is 0 Å². The molecule has 1 N–H and O–H groups in total. The Morgan fingerprint density at radius 1 is 1.19 bits per heavy atom. The van der Waals surface area contributed by atoms with Gasteiger partial charge in [-0.3, -0.25) is 0 Å². The fourth-order valence-corrected chi connectivity index (χ4v) is 1.87. The molecule has 84 valence electrons. The number of benzene rings is 1. The van der Waals surface area contributed by atoms with Gasteiger partial charge < -0.3 is 9.72 Å².